The van der Waals surface area contributed by atoms with Gasteiger partial charge in [0, 0.05) is 6.54 Å². The highest BCUT2D eigenvalue weighted by Crippen LogP contribution is 2.21. The molecule has 0 atom stereocenters. The quantitative estimate of drug-likeness (QED) is 0.803. The van der Waals surface area contributed by atoms with Crippen LogP contribution in [0.3, 0.4) is 0 Å². The highest BCUT2D eigenvalue weighted by atomic mass is 32.2. The molecule has 0 amide bonds. The van der Waals surface area contributed by atoms with Gasteiger partial charge in [-0.2, -0.15) is 0 Å². The fourth-order valence-electron chi connectivity index (χ4n) is 2.13. The zero-order chi connectivity index (χ0) is 14.6. The Balaban J connectivity index is 2.74. The zero-order valence-corrected chi connectivity index (χ0v) is 12.8. The monoisotopic (exact) mass is 288 g/mol. The summed E-state index contributed by atoms with van der Waals surface area (Å²) in [5, 5.41) is -0.0702. The molecule has 0 aliphatic carbocycles. The van der Waals surface area contributed by atoms with E-state index in [0.29, 0.717) is 30.1 Å². The van der Waals surface area contributed by atoms with Crippen molar-refractivity contribution in [2.45, 2.75) is 39.3 Å². The topological polar surface area (TPSA) is 85.3 Å². The predicted molar refractivity (Wildman–Crippen MR) is 75.0 cm³/mol. The Labute approximate surface area is 115 Å². The summed E-state index contributed by atoms with van der Waals surface area (Å²) in [6.07, 6.45) is 0. The summed E-state index contributed by atoms with van der Waals surface area (Å²) in [5.41, 5.74) is 5.40. The molecule has 0 fully saturated rings. The number of nitrogens with one attached hydrogen (secondary N) is 1. The molecule has 110 valence electrons. The van der Waals surface area contributed by atoms with E-state index in [2.05, 4.69) is 32.4 Å². The number of furan rings is 1. The maximum absolute atomic E-state index is 12.1. The number of hydrogen-bond donors (Lipinski definition) is 2. The molecule has 0 aromatic carbocycles. The van der Waals surface area contributed by atoms with Crippen molar-refractivity contribution in [3.63, 3.8) is 0 Å². The van der Waals surface area contributed by atoms with Crippen molar-refractivity contribution < 1.29 is 12.8 Å². The lowest BCUT2D eigenvalue weighted by molar-refractivity contribution is 0.288. The first-order valence-electron chi connectivity index (χ1n) is 6.56. The molecule has 1 aromatic heterocycles. The van der Waals surface area contributed by atoms with Crippen molar-refractivity contribution in [2.24, 2.45) is 23.5 Å². The third-order valence-corrected chi connectivity index (χ3v) is 4.62. The second-order valence-corrected chi connectivity index (χ2v) is 7.13. The first kappa shape index (κ1) is 16.2. The van der Waals surface area contributed by atoms with Gasteiger partial charge in [-0.25, -0.2) is 13.1 Å². The van der Waals surface area contributed by atoms with E-state index in [9.17, 15) is 8.42 Å². The third kappa shape index (κ3) is 4.33. The van der Waals surface area contributed by atoms with Gasteiger partial charge in [-0.05, 0) is 29.9 Å². The maximum atomic E-state index is 12.1. The molecule has 1 heterocycles. The molecule has 0 bridgehead atoms. The van der Waals surface area contributed by atoms with Gasteiger partial charge in [-0.1, -0.05) is 27.7 Å². The van der Waals surface area contributed by atoms with Crippen molar-refractivity contribution in [3.05, 3.63) is 17.9 Å². The van der Waals surface area contributed by atoms with Gasteiger partial charge in [0.05, 0.1) is 6.54 Å². The zero-order valence-electron chi connectivity index (χ0n) is 12.0. The van der Waals surface area contributed by atoms with Crippen LogP contribution in [0.2, 0.25) is 0 Å². The Morgan fingerprint density at radius 2 is 1.79 bits per heavy atom. The van der Waals surface area contributed by atoms with Gasteiger partial charge in [0.25, 0.3) is 10.0 Å². The molecule has 0 radical (unpaired) electrons. The van der Waals surface area contributed by atoms with Crippen LogP contribution in [-0.2, 0) is 16.6 Å². The van der Waals surface area contributed by atoms with Crippen LogP contribution < -0.4 is 10.5 Å². The molecule has 1 rings (SSSR count). The van der Waals surface area contributed by atoms with Gasteiger partial charge in [-0.15, -0.1) is 0 Å². The fourth-order valence-corrected chi connectivity index (χ4v) is 3.15. The summed E-state index contributed by atoms with van der Waals surface area (Å²) < 4.78 is 31.9. The molecule has 0 saturated heterocycles. The third-order valence-electron chi connectivity index (χ3n) is 3.32. The van der Waals surface area contributed by atoms with Crippen molar-refractivity contribution in [1.82, 2.24) is 4.72 Å². The average Bonchev–Trinajstić information content (AvgIpc) is 2.77. The largest absolute Gasteiger partial charge is 0.447 e. The maximum Gasteiger partial charge on any atom is 0.273 e. The Kier molecular flexibility index (Phi) is 5.58. The molecule has 0 aliphatic heterocycles. The molecule has 1 aromatic rings. The summed E-state index contributed by atoms with van der Waals surface area (Å²) in [6.45, 7) is 8.99. The van der Waals surface area contributed by atoms with Crippen LogP contribution in [-0.4, -0.2) is 15.0 Å². The fraction of sp³-hybridized carbons (Fsp3) is 0.692. The van der Waals surface area contributed by atoms with E-state index in [4.69, 9.17) is 10.2 Å². The summed E-state index contributed by atoms with van der Waals surface area (Å²) in [7, 11) is -3.58. The van der Waals surface area contributed by atoms with Crippen LogP contribution >= 0.6 is 0 Å². The number of nitrogens with two attached hydrogens (primary N) is 1. The SMILES string of the molecule is CC(C)C(CNS(=O)(=O)c1ccc(CN)o1)C(C)C. The Morgan fingerprint density at radius 3 is 2.21 bits per heavy atom. The highest BCUT2D eigenvalue weighted by molar-refractivity contribution is 7.89. The van der Waals surface area contributed by atoms with Gasteiger partial charge in [0.2, 0.25) is 5.09 Å². The second-order valence-electron chi connectivity index (χ2n) is 5.43. The number of rotatable bonds is 7. The van der Waals surface area contributed by atoms with Gasteiger partial charge in [0.15, 0.2) is 0 Å². The molecule has 0 aliphatic rings. The molecule has 19 heavy (non-hydrogen) atoms. The van der Waals surface area contributed by atoms with Gasteiger partial charge < -0.3 is 10.2 Å². The van der Waals surface area contributed by atoms with Gasteiger partial charge in [-0.3, -0.25) is 0 Å². The van der Waals surface area contributed by atoms with E-state index in [1.807, 2.05) is 0 Å². The summed E-state index contributed by atoms with van der Waals surface area (Å²) in [5.74, 6) is 1.58. The molecule has 0 unspecified atom stereocenters. The lowest BCUT2D eigenvalue weighted by Gasteiger charge is -2.24. The van der Waals surface area contributed by atoms with Crippen LogP contribution in [0.15, 0.2) is 21.6 Å². The van der Waals surface area contributed by atoms with E-state index in [-0.39, 0.29) is 11.6 Å². The van der Waals surface area contributed by atoms with Crippen molar-refractivity contribution >= 4 is 10.0 Å². The minimum atomic E-state index is -3.58. The van der Waals surface area contributed by atoms with E-state index < -0.39 is 10.0 Å². The minimum absolute atomic E-state index is 0.0702. The summed E-state index contributed by atoms with van der Waals surface area (Å²) >= 11 is 0. The van der Waals surface area contributed by atoms with Crippen LogP contribution in [0.1, 0.15) is 33.5 Å². The lowest BCUT2D eigenvalue weighted by atomic mass is 9.86. The molecule has 3 N–H and O–H groups in total. The van der Waals surface area contributed by atoms with Crippen molar-refractivity contribution in [3.8, 4) is 0 Å². The Morgan fingerprint density at radius 1 is 1.21 bits per heavy atom. The van der Waals surface area contributed by atoms with Gasteiger partial charge >= 0.3 is 0 Å². The van der Waals surface area contributed by atoms with Crippen LogP contribution in [0.5, 0.6) is 0 Å². The van der Waals surface area contributed by atoms with Crippen LogP contribution in [0, 0.1) is 17.8 Å². The molecule has 5 nitrogen and oxygen atoms in total. The van der Waals surface area contributed by atoms with Crippen LogP contribution in [0.25, 0.3) is 0 Å². The smallest absolute Gasteiger partial charge is 0.273 e. The van der Waals surface area contributed by atoms with E-state index in [1.54, 1.807) is 6.07 Å². The van der Waals surface area contributed by atoms with Crippen molar-refractivity contribution in [2.75, 3.05) is 6.54 Å². The first-order valence-corrected chi connectivity index (χ1v) is 8.04. The molecule has 0 spiro atoms. The molecular weight excluding hydrogens is 264 g/mol. The minimum Gasteiger partial charge on any atom is -0.447 e. The number of hydrogen-bond acceptors (Lipinski definition) is 4. The van der Waals surface area contributed by atoms with Gasteiger partial charge in [0.1, 0.15) is 5.76 Å². The lowest BCUT2D eigenvalue weighted by Crippen LogP contribution is -2.33. The molecule has 0 saturated carbocycles. The normalized spacial score (nSPS) is 12.8. The molecular formula is C13H24N2O3S. The van der Waals surface area contributed by atoms with E-state index >= 15 is 0 Å². The van der Waals surface area contributed by atoms with E-state index in [1.165, 1.54) is 6.07 Å². The molecule has 6 heteroatoms. The standard InChI is InChI=1S/C13H24N2O3S/c1-9(2)12(10(3)4)8-15-19(16,17)13-6-5-11(7-14)18-13/h5-6,9-10,12,15H,7-8,14H2,1-4H3. The van der Waals surface area contributed by atoms with Crippen molar-refractivity contribution in [1.29, 1.82) is 0 Å². The van der Waals surface area contributed by atoms with E-state index in [0.717, 1.165) is 0 Å². The Hall–Kier alpha value is -0.850. The summed E-state index contributed by atoms with van der Waals surface area (Å²) in [6, 6.07) is 3.02. The first-order chi connectivity index (χ1) is 8.77. The average molecular weight is 288 g/mol. The number of sulfonamides is 1. The highest BCUT2D eigenvalue weighted by Gasteiger charge is 2.23. The second kappa shape index (κ2) is 6.54. The van der Waals surface area contributed by atoms with Crippen LogP contribution in [0.4, 0.5) is 0 Å². The predicted octanol–water partition coefficient (Wildman–Crippen LogP) is 1.94. The summed E-state index contributed by atoms with van der Waals surface area (Å²) in [4.78, 5) is 0. The Bertz CT molecular complexity index is 484.